The number of guanidine groups is 1. The minimum absolute atomic E-state index is 0. The number of rotatable bonds is 7. The third-order valence-corrected chi connectivity index (χ3v) is 3.75. The van der Waals surface area contributed by atoms with Crippen molar-refractivity contribution < 1.29 is 9.53 Å². The molecule has 3 N–H and O–H groups in total. The van der Waals surface area contributed by atoms with E-state index < -0.39 is 5.91 Å². The van der Waals surface area contributed by atoms with E-state index in [1.807, 2.05) is 44.6 Å². The largest absolute Gasteiger partial charge is 0.484 e. The van der Waals surface area contributed by atoms with Gasteiger partial charge in [0.15, 0.2) is 12.6 Å². The number of aromatic nitrogens is 1. The van der Waals surface area contributed by atoms with Gasteiger partial charge in [-0.1, -0.05) is 12.1 Å². The fraction of sp³-hybridized carbons (Fsp3) is 0.333. The molecule has 0 aliphatic rings. The van der Waals surface area contributed by atoms with Crippen molar-refractivity contribution in [3.8, 4) is 5.75 Å². The van der Waals surface area contributed by atoms with Gasteiger partial charge in [-0.2, -0.15) is 0 Å². The van der Waals surface area contributed by atoms with Gasteiger partial charge in [-0.25, -0.2) is 0 Å². The maximum atomic E-state index is 10.8. The molecule has 0 aliphatic carbocycles. The van der Waals surface area contributed by atoms with Crippen molar-refractivity contribution in [2.45, 2.75) is 13.1 Å². The molecular weight excluding hydrogens is 445 g/mol. The van der Waals surface area contributed by atoms with E-state index in [1.165, 1.54) is 5.69 Å². The normalized spacial score (nSPS) is 10.8. The molecule has 2 aromatic rings. The smallest absolute Gasteiger partial charge is 0.255 e. The van der Waals surface area contributed by atoms with Crippen molar-refractivity contribution in [2.75, 3.05) is 20.7 Å². The van der Waals surface area contributed by atoms with E-state index in [1.54, 1.807) is 13.1 Å². The number of carbonyl (C=O) groups excluding carboxylic acids is 1. The molecule has 1 amide bonds. The number of nitrogens with two attached hydrogens (primary N) is 1. The van der Waals surface area contributed by atoms with Crippen molar-refractivity contribution in [3.05, 3.63) is 53.9 Å². The minimum atomic E-state index is -0.494. The van der Waals surface area contributed by atoms with Crippen LogP contribution in [0.2, 0.25) is 0 Å². The van der Waals surface area contributed by atoms with Gasteiger partial charge in [-0.15, -0.1) is 24.0 Å². The number of primary amides is 1. The maximum Gasteiger partial charge on any atom is 0.255 e. The van der Waals surface area contributed by atoms with E-state index in [-0.39, 0.29) is 30.6 Å². The van der Waals surface area contributed by atoms with E-state index in [9.17, 15) is 4.79 Å². The molecule has 0 fully saturated rings. The average molecular weight is 471 g/mol. The van der Waals surface area contributed by atoms with Crippen molar-refractivity contribution in [3.63, 3.8) is 0 Å². The highest BCUT2D eigenvalue weighted by Gasteiger charge is 2.08. The van der Waals surface area contributed by atoms with Crippen LogP contribution in [-0.2, 0) is 24.9 Å². The molecule has 1 aromatic carbocycles. The van der Waals surface area contributed by atoms with Gasteiger partial charge >= 0.3 is 0 Å². The second kappa shape index (κ2) is 10.7. The lowest BCUT2D eigenvalue weighted by molar-refractivity contribution is -0.119. The number of nitrogens with one attached hydrogen (secondary N) is 1. The number of aliphatic imine (C=N–C) groups is 1. The van der Waals surface area contributed by atoms with Gasteiger partial charge in [-0.05, 0) is 29.8 Å². The SMILES string of the molecule is CN=C(NCc1cccc(OCC(N)=O)c1)N(C)Cc1cccn1C.I. The summed E-state index contributed by atoms with van der Waals surface area (Å²) in [5.41, 5.74) is 7.32. The Bertz CT molecular complexity index is 745. The lowest BCUT2D eigenvalue weighted by Gasteiger charge is -2.22. The predicted octanol–water partition coefficient (Wildman–Crippen LogP) is 1.71. The second-order valence-corrected chi connectivity index (χ2v) is 5.77. The molecule has 0 saturated carbocycles. The molecule has 0 radical (unpaired) electrons. The summed E-state index contributed by atoms with van der Waals surface area (Å²) in [6.07, 6.45) is 2.02. The number of carbonyl (C=O) groups is 1. The maximum absolute atomic E-state index is 10.8. The fourth-order valence-corrected chi connectivity index (χ4v) is 2.44. The Morgan fingerprint density at radius 1 is 1.35 bits per heavy atom. The minimum Gasteiger partial charge on any atom is -0.484 e. The van der Waals surface area contributed by atoms with E-state index in [0.29, 0.717) is 12.3 Å². The number of nitrogens with zero attached hydrogens (tertiary/aromatic N) is 3. The van der Waals surface area contributed by atoms with Gasteiger partial charge in [0.2, 0.25) is 0 Å². The van der Waals surface area contributed by atoms with Crippen LogP contribution in [0.5, 0.6) is 5.75 Å². The molecule has 0 saturated heterocycles. The lowest BCUT2D eigenvalue weighted by atomic mass is 10.2. The molecule has 0 atom stereocenters. The summed E-state index contributed by atoms with van der Waals surface area (Å²) < 4.78 is 7.41. The summed E-state index contributed by atoms with van der Waals surface area (Å²) in [6, 6.07) is 11.6. The molecule has 1 heterocycles. The molecule has 26 heavy (non-hydrogen) atoms. The van der Waals surface area contributed by atoms with Crippen LogP contribution in [0.4, 0.5) is 0 Å². The zero-order chi connectivity index (χ0) is 18.2. The number of halogens is 1. The van der Waals surface area contributed by atoms with E-state index in [0.717, 1.165) is 18.1 Å². The first-order valence-electron chi connectivity index (χ1n) is 8.01. The van der Waals surface area contributed by atoms with Crippen LogP contribution < -0.4 is 15.8 Å². The Morgan fingerprint density at radius 3 is 2.73 bits per heavy atom. The van der Waals surface area contributed by atoms with Crippen LogP contribution in [0.25, 0.3) is 0 Å². The van der Waals surface area contributed by atoms with Crippen molar-refractivity contribution in [1.29, 1.82) is 0 Å². The molecule has 7 nitrogen and oxygen atoms in total. The Balaban J connectivity index is 0.00000338. The quantitative estimate of drug-likeness (QED) is 0.366. The summed E-state index contributed by atoms with van der Waals surface area (Å²) in [5, 5.41) is 3.33. The van der Waals surface area contributed by atoms with E-state index in [4.69, 9.17) is 10.5 Å². The van der Waals surface area contributed by atoms with Gasteiger partial charge < -0.3 is 25.3 Å². The van der Waals surface area contributed by atoms with Crippen LogP contribution in [0, 0.1) is 0 Å². The number of aryl methyl sites for hydroxylation is 1. The molecule has 0 unspecified atom stereocenters. The zero-order valence-electron chi connectivity index (χ0n) is 15.3. The lowest BCUT2D eigenvalue weighted by Crippen LogP contribution is -2.38. The molecule has 1 aromatic heterocycles. The first-order valence-corrected chi connectivity index (χ1v) is 8.01. The Morgan fingerprint density at radius 2 is 2.12 bits per heavy atom. The monoisotopic (exact) mass is 471 g/mol. The third kappa shape index (κ3) is 6.58. The van der Waals surface area contributed by atoms with Gasteiger partial charge in [0, 0.05) is 39.6 Å². The van der Waals surface area contributed by atoms with Gasteiger partial charge in [0.1, 0.15) is 5.75 Å². The number of hydrogen-bond acceptors (Lipinski definition) is 3. The van der Waals surface area contributed by atoms with E-state index in [2.05, 4.69) is 25.8 Å². The summed E-state index contributed by atoms with van der Waals surface area (Å²) in [4.78, 5) is 17.2. The summed E-state index contributed by atoms with van der Waals surface area (Å²) in [5.74, 6) is 0.918. The molecular formula is C18H26IN5O2. The first kappa shape index (κ1) is 21.8. The van der Waals surface area contributed by atoms with Crippen molar-refractivity contribution >= 4 is 35.8 Å². The van der Waals surface area contributed by atoms with Crippen LogP contribution in [-0.4, -0.2) is 42.0 Å². The predicted molar refractivity (Wildman–Crippen MR) is 114 cm³/mol. The zero-order valence-corrected chi connectivity index (χ0v) is 17.6. The Kier molecular flexibility index (Phi) is 8.97. The van der Waals surface area contributed by atoms with Gasteiger partial charge in [0.05, 0.1) is 6.54 Å². The summed E-state index contributed by atoms with van der Waals surface area (Å²) in [7, 11) is 5.78. The van der Waals surface area contributed by atoms with Gasteiger partial charge in [-0.3, -0.25) is 9.79 Å². The molecule has 142 valence electrons. The third-order valence-electron chi connectivity index (χ3n) is 3.75. The number of benzene rings is 1. The van der Waals surface area contributed by atoms with Crippen LogP contribution in [0.3, 0.4) is 0 Å². The Hall–Kier alpha value is -2.23. The molecule has 0 bridgehead atoms. The number of hydrogen-bond donors (Lipinski definition) is 2. The van der Waals surface area contributed by atoms with Crippen molar-refractivity contribution in [1.82, 2.24) is 14.8 Å². The number of amides is 1. The molecule has 0 aliphatic heterocycles. The highest BCUT2D eigenvalue weighted by Crippen LogP contribution is 2.13. The molecule has 0 spiro atoms. The second-order valence-electron chi connectivity index (χ2n) is 5.77. The standard InChI is InChI=1S/C18H25N5O2.HI/c1-20-18(23(3)12-15-7-5-9-22(15)2)21-11-14-6-4-8-16(10-14)25-13-17(19)24;/h4-10H,11-13H2,1-3H3,(H2,19,24)(H,20,21);1H. The fourth-order valence-electron chi connectivity index (χ4n) is 2.44. The summed E-state index contributed by atoms with van der Waals surface area (Å²) >= 11 is 0. The topological polar surface area (TPSA) is 84.9 Å². The van der Waals surface area contributed by atoms with Crippen molar-refractivity contribution in [2.24, 2.45) is 17.8 Å². The first-order chi connectivity index (χ1) is 12.0. The summed E-state index contributed by atoms with van der Waals surface area (Å²) in [6.45, 7) is 1.22. The highest BCUT2D eigenvalue weighted by atomic mass is 127. The Labute approximate surface area is 171 Å². The van der Waals surface area contributed by atoms with Crippen LogP contribution >= 0.6 is 24.0 Å². The highest BCUT2D eigenvalue weighted by molar-refractivity contribution is 14.0. The van der Waals surface area contributed by atoms with Crippen LogP contribution in [0.1, 0.15) is 11.3 Å². The molecule has 2 rings (SSSR count). The van der Waals surface area contributed by atoms with Gasteiger partial charge in [0.25, 0.3) is 5.91 Å². The van der Waals surface area contributed by atoms with Crippen LogP contribution in [0.15, 0.2) is 47.6 Å². The number of ether oxygens (including phenoxy) is 1. The molecule has 8 heteroatoms. The van der Waals surface area contributed by atoms with E-state index >= 15 is 0 Å². The average Bonchev–Trinajstić information content (AvgIpc) is 2.99.